The van der Waals surface area contributed by atoms with Crippen LogP contribution in [0.4, 0.5) is 4.39 Å². The zero-order valence-electron chi connectivity index (χ0n) is 6.74. The third kappa shape index (κ3) is 3.28. The molecule has 0 saturated carbocycles. The van der Waals surface area contributed by atoms with Gasteiger partial charge in [0, 0.05) is 0 Å². The number of rotatable bonds is 0. The number of halogens is 1. The molecule has 1 aliphatic heterocycles. The molecule has 1 rings (SSSR count). The Balaban J connectivity index is 0.000000371. The van der Waals surface area contributed by atoms with E-state index in [1.54, 1.807) is 6.20 Å². The summed E-state index contributed by atoms with van der Waals surface area (Å²) in [4.78, 5) is 0. The van der Waals surface area contributed by atoms with Crippen LogP contribution in [0.15, 0.2) is 23.7 Å². The summed E-state index contributed by atoms with van der Waals surface area (Å²) in [5.74, 6) is -0.0926. The second-order valence-electron chi connectivity index (χ2n) is 1.86. The molecule has 0 saturated heterocycles. The van der Waals surface area contributed by atoms with Gasteiger partial charge in [-0.2, -0.15) is 0 Å². The van der Waals surface area contributed by atoms with Crippen LogP contribution in [0.3, 0.4) is 0 Å². The van der Waals surface area contributed by atoms with E-state index in [1.165, 1.54) is 6.08 Å². The third-order valence-electron chi connectivity index (χ3n) is 0.985. The highest BCUT2D eigenvalue weighted by molar-refractivity contribution is 5.22. The highest BCUT2D eigenvalue weighted by atomic mass is 19.1. The molecule has 1 nitrogen and oxygen atoms in total. The van der Waals surface area contributed by atoms with Gasteiger partial charge in [-0.3, -0.25) is 0 Å². The molecular formula is C8H14FN. The van der Waals surface area contributed by atoms with Crippen LogP contribution >= 0.6 is 0 Å². The monoisotopic (exact) mass is 143 g/mol. The van der Waals surface area contributed by atoms with Gasteiger partial charge in [0.1, 0.15) is 5.83 Å². The maximum atomic E-state index is 12.2. The van der Waals surface area contributed by atoms with Gasteiger partial charge in [0.15, 0.2) is 0 Å². The van der Waals surface area contributed by atoms with E-state index in [1.807, 2.05) is 20.8 Å². The fourth-order valence-corrected chi connectivity index (χ4v) is 0.649. The van der Waals surface area contributed by atoms with E-state index in [4.69, 9.17) is 0 Å². The summed E-state index contributed by atoms with van der Waals surface area (Å²) in [6.45, 7) is 6.20. The first-order valence-corrected chi connectivity index (χ1v) is 3.55. The average Bonchev–Trinajstić information content (AvgIpc) is 1.91. The molecule has 0 bridgehead atoms. The van der Waals surface area contributed by atoms with Crippen molar-refractivity contribution in [3.8, 4) is 0 Å². The lowest BCUT2D eigenvalue weighted by Gasteiger charge is -2.04. The highest BCUT2D eigenvalue weighted by Gasteiger charge is 1.97. The van der Waals surface area contributed by atoms with Gasteiger partial charge in [-0.05, 0) is 24.8 Å². The molecule has 0 fully saturated rings. The molecular weight excluding hydrogens is 129 g/mol. The van der Waals surface area contributed by atoms with Crippen LogP contribution in [0.1, 0.15) is 20.8 Å². The molecule has 0 aromatic rings. The van der Waals surface area contributed by atoms with Crippen molar-refractivity contribution < 1.29 is 4.39 Å². The summed E-state index contributed by atoms with van der Waals surface area (Å²) in [5, 5.41) is 2.78. The van der Waals surface area contributed by atoms with E-state index in [0.29, 0.717) is 6.54 Å². The van der Waals surface area contributed by atoms with Gasteiger partial charge in [0.2, 0.25) is 0 Å². The smallest absolute Gasteiger partial charge is 0.119 e. The molecule has 58 valence electrons. The molecule has 0 radical (unpaired) electrons. The first kappa shape index (κ1) is 9.21. The minimum atomic E-state index is -0.0926. The first-order valence-electron chi connectivity index (χ1n) is 3.55. The third-order valence-corrected chi connectivity index (χ3v) is 0.985. The molecule has 0 unspecified atom stereocenters. The standard InChI is InChI=1S/C6H8FN.C2H6/c1-5-2-6(7)4-8-3-5;1-2/h2-3,8H,4H2,1H3;1-2H3. The molecule has 1 heterocycles. The Morgan fingerprint density at radius 1 is 1.50 bits per heavy atom. The molecule has 10 heavy (non-hydrogen) atoms. The lowest BCUT2D eigenvalue weighted by Crippen LogP contribution is -2.11. The van der Waals surface area contributed by atoms with Crippen molar-refractivity contribution in [2.24, 2.45) is 0 Å². The average molecular weight is 143 g/mol. The summed E-state index contributed by atoms with van der Waals surface area (Å²) < 4.78 is 12.2. The first-order chi connectivity index (χ1) is 4.79. The highest BCUT2D eigenvalue weighted by Crippen LogP contribution is 2.05. The Hall–Kier alpha value is -0.790. The maximum Gasteiger partial charge on any atom is 0.119 e. The summed E-state index contributed by atoms with van der Waals surface area (Å²) in [5.41, 5.74) is 0.939. The van der Waals surface area contributed by atoms with Gasteiger partial charge in [-0.25, -0.2) is 4.39 Å². The molecule has 0 aromatic heterocycles. The molecule has 0 atom stereocenters. The summed E-state index contributed by atoms with van der Waals surface area (Å²) in [6.07, 6.45) is 3.32. The van der Waals surface area contributed by atoms with Crippen LogP contribution < -0.4 is 5.32 Å². The minimum absolute atomic E-state index is 0.0926. The molecule has 0 spiro atoms. The Morgan fingerprint density at radius 3 is 2.40 bits per heavy atom. The Kier molecular flexibility index (Phi) is 4.63. The van der Waals surface area contributed by atoms with E-state index in [-0.39, 0.29) is 5.83 Å². The number of dihydropyridines is 1. The predicted octanol–water partition coefficient (Wildman–Crippen LogP) is 2.37. The summed E-state index contributed by atoms with van der Waals surface area (Å²) in [6, 6.07) is 0. The molecule has 0 aliphatic carbocycles. The Labute approximate surface area is 61.6 Å². The van der Waals surface area contributed by atoms with E-state index in [9.17, 15) is 4.39 Å². The van der Waals surface area contributed by atoms with Crippen molar-refractivity contribution in [2.45, 2.75) is 20.8 Å². The summed E-state index contributed by atoms with van der Waals surface area (Å²) in [7, 11) is 0. The van der Waals surface area contributed by atoms with Crippen LogP contribution in [0.25, 0.3) is 0 Å². The lowest BCUT2D eigenvalue weighted by molar-refractivity contribution is 0.591. The summed E-state index contributed by atoms with van der Waals surface area (Å²) >= 11 is 0. The van der Waals surface area contributed by atoms with Gasteiger partial charge in [-0.1, -0.05) is 13.8 Å². The minimum Gasteiger partial charge on any atom is -0.384 e. The SMILES string of the molecule is CC.CC1=CNCC(F)=C1. The molecule has 1 aliphatic rings. The zero-order valence-corrected chi connectivity index (χ0v) is 6.74. The quantitative estimate of drug-likeness (QED) is 0.549. The van der Waals surface area contributed by atoms with Crippen molar-refractivity contribution in [2.75, 3.05) is 6.54 Å². The van der Waals surface area contributed by atoms with E-state index in [2.05, 4.69) is 5.32 Å². The fourth-order valence-electron chi connectivity index (χ4n) is 0.649. The van der Waals surface area contributed by atoms with Crippen LogP contribution in [0, 0.1) is 0 Å². The van der Waals surface area contributed by atoms with E-state index in [0.717, 1.165) is 5.57 Å². The molecule has 0 amide bonds. The van der Waals surface area contributed by atoms with Crippen molar-refractivity contribution in [3.63, 3.8) is 0 Å². The zero-order chi connectivity index (χ0) is 7.98. The molecule has 0 aromatic carbocycles. The lowest BCUT2D eigenvalue weighted by atomic mass is 10.2. The normalized spacial score (nSPS) is 15.6. The van der Waals surface area contributed by atoms with Gasteiger partial charge >= 0.3 is 0 Å². The topological polar surface area (TPSA) is 12.0 Å². The second-order valence-corrected chi connectivity index (χ2v) is 1.86. The van der Waals surface area contributed by atoms with Crippen LogP contribution in [-0.4, -0.2) is 6.54 Å². The van der Waals surface area contributed by atoms with Gasteiger partial charge in [-0.15, -0.1) is 0 Å². The van der Waals surface area contributed by atoms with Gasteiger partial charge < -0.3 is 5.32 Å². The number of hydrogen-bond acceptors (Lipinski definition) is 1. The Morgan fingerprint density at radius 2 is 2.10 bits per heavy atom. The predicted molar refractivity (Wildman–Crippen MR) is 42.3 cm³/mol. The van der Waals surface area contributed by atoms with E-state index >= 15 is 0 Å². The van der Waals surface area contributed by atoms with Gasteiger partial charge in [0.25, 0.3) is 0 Å². The number of allylic oxidation sites excluding steroid dienone is 2. The number of hydrogen-bond donors (Lipinski definition) is 1. The van der Waals surface area contributed by atoms with Crippen LogP contribution in [-0.2, 0) is 0 Å². The largest absolute Gasteiger partial charge is 0.384 e. The maximum absolute atomic E-state index is 12.2. The van der Waals surface area contributed by atoms with Crippen molar-refractivity contribution >= 4 is 0 Å². The number of nitrogens with one attached hydrogen (secondary N) is 1. The molecule has 2 heteroatoms. The van der Waals surface area contributed by atoms with Crippen molar-refractivity contribution in [1.29, 1.82) is 0 Å². The second kappa shape index (κ2) is 5.03. The van der Waals surface area contributed by atoms with Gasteiger partial charge in [0.05, 0.1) is 6.54 Å². The molecule has 1 N–H and O–H groups in total. The Bertz CT molecular complexity index is 147. The van der Waals surface area contributed by atoms with Crippen molar-refractivity contribution in [3.05, 3.63) is 23.7 Å². The fraction of sp³-hybridized carbons (Fsp3) is 0.500. The van der Waals surface area contributed by atoms with Crippen LogP contribution in [0.5, 0.6) is 0 Å². The van der Waals surface area contributed by atoms with E-state index < -0.39 is 0 Å². The van der Waals surface area contributed by atoms with Crippen molar-refractivity contribution in [1.82, 2.24) is 5.32 Å². The van der Waals surface area contributed by atoms with Crippen LogP contribution in [0.2, 0.25) is 0 Å².